The smallest absolute Gasteiger partial charge is 0.168 e. The van der Waals surface area contributed by atoms with Crippen molar-refractivity contribution in [2.75, 3.05) is 6.54 Å². The molecule has 0 saturated heterocycles. The summed E-state index contributed by atoms with van der Waals surface area (Å²) < 4.78 is 0. The number of benzene rings is 1. The molecule has 26 heavy (non-hydrogen) atoms. The highest BCUT2D eigenvalue weighted by molar-refractivity contribution is 6.24. The van der Waals surface area contributed by atoms with E-state index in [4.69, 9.17) is 4.99 Å². The Morgan fingerprint density at radius 1 is 1.08 bits per heavy atom. The summed E-state index contributed by atoms with van der Waals surface area (Å²) in [5.41, 5.74) is 2.19. The van der Waals surface area contributed by atoms with Crippen molar-refractivity contribution in [1.82, 2.24) is 0 Å². The van der Waals surface area contributed by atoms with E-state index in [2.05, 4.69) is 20.8 Å². The topological polar surface area (TPSA) is 49.7 Å². The molecule has 0 radical (unpaired) electrons. The lowest BCUT2D eigenvalue weighted by Gasteiger charge is -2.31. The van der Waals surface area contributed by atoms with Crippen LogP contribution in [0.5, 0.6) is 0 Å². The fourth-order valence-electron chi connectivity index (χ4n) is 3.56. The molecule has 142 valence electrons. The van der Waals surface area contributed by atoms with E-state index in [-0.39, 0.29) is 17.0 Å². The van der Waals surface area contributed by atoms with E-state index in [1.165, 1.54) is 25.7 Å². The standard InChI is InChI=1S/C23H33NO2/c1-4-5-6-7-11-14-24-19-16-23(2,3)17-21(26)22(19)20(25)15-18-12-9-8-10-13-18/h8-10,12-13,25H,4-7,11,14-17H2,1-3H3. The van der Waals surface area contributed by atoms with Crippen LogP contribution in [-0.2, 0) is 11.2 Å². The fraction of sp³-hybridized carbons (Fsp3) is 0.565. The normalized spacial score (nSPS) is 20.4. The summed E-state index contributed by atoms with van der Waals surface area (Å²) in [7, 11) is 0. The molecular formula is C23H33NO2. The number of hydrogen-bond donors (Lipinski definition) is 1. The maximum Gasteiger partial charge on any atom is 0.168 e. The Balaban J connectivity index is 2.16. The van der Waals surface area contributed by atoms with Gasteiger partial charge in [0.25, 0.3) is 0 Å². The van der Waals surface area contributed by atoms with Crippen molar-refractivity contribution in [3.05, 3.63) is 47.2 Å². The SMILES string of the molecule is CCCCCCCN=C1CC(C)(C)CC(=O)C1=C(O)Cc1ccccc1. The van der Waals surface area contributed by atoms with Crippen LogP contribution >= 0.6 is 0 Å². The Kier molecular flexibility index (Phi) is 7.62. The van der Waals surface area contributed by atoms with Crippen molar-refractivity contribution >= 4 is 11.5 Å². The molecule has 1 fully saturated rings. The first kappa shape index (κ1) is 20.4. The van der Waals surface area contributed by atoms with E-state index in [0.29, 0.717) is 18.4 Å². The molecule has 0 atom stereocenters. The van der Waals surface area contributed by atoms with Gasteiger partial charge in [0.05, 0.1) is 5.57 Å². The molecule has 1 aromatic carbocycles. The van der Waals surface area contributed by atoms with Gasteiger partial charge in [-0.1, -0.05) is 76.8 Å². The first-order valence-corrected chi connectivity index (χ1v) is 9.96. The van der Waals surface area contributed by atoms with Crippen LogP contribution < -0.4 is 0 Å². The third-order valence-electron chi connectivity index (χ3n) is 4.92. The Labute approximate surface area is 158 Å². The molecule has 0 amide bonds. The maximum atomic E-state index is 12.7. The monoisotopic (exact) mass is 355 g/mol. The first-order chi connectivity index (χ1) is 12.4. The van der Waals surface area contributed by atoms with Gasteiger partial charge >= 0.3 is 0 Å². The molecule has 0 bridgehead atoms. The zero-order valence-corrected chi connectivity index (χ0v) is 16.6. The zero-order valence-electron chi connectivity index (χ0n) is 16.6. The van der Waals surface area contributed by atoms with Gasteiger partial charge in [-0.15, -0.1) is 0 Å². The summed E-state index contributed by atoms with van der Waals surface area (Å²) in [6, 6.07) is 9.79. The zero-order chi connectivity index (χ0) is 19.0. The van der Waals surface area contributed by atoms with E-state index in [0.717, 1.165) is 30.7 Å². The molecule has 0 spiro atoms. The summed E-state index contributed by atoms with van der Waals surface area (Å²) in [4.78, 5) is 17.5. The van der Waals surface area contributed by atoms with Gasteiger partial charge < -0.3 is 5.11 Å². The van der Waals surface area contributed by atoms with Crippen molar-refractivity contribution in [3.63, 3.8) is 0 Å². The molecule has 2 rings (SSSR count). The van der Waals surface area contributed by atoms with Crippen LogP contribution in [0.25, 0.3) is 0 Å². The van der Waals surface area contributed by atoms with E-state index in [1.54, 1.807) is 0 Å². The van der Waals surface area contributed by atoms with Gasteiger partial charge in [-0.05, 0) is 23.8 Å². The molecule has 0 heterocycles. The van der Waals surface area contributed by atoms with Crippen molar-refractivity contribution < 1.29 is 9.90 Å². The minimum Gasteiger partial charge on any atom is -0.511 e. The molecule has 1 aromatic rings. The highest BCUT2D eigenvalue weighted by atomic mass is 16.3. The van der Waals surface area contributed by atoms with E-state index in [1.807, 2.05) is 30.3 Å². The highest BCUT2D eigenvalue weighted by Gasteiger charge is 2.36. The summed E-state index contributed by atoms with van der Waals surface area (Å²) in [6.45, 7) is 7.16. The number of Topliss-reactive ketones (excluding diaryl/α,β-unsaturated/α-hetero) is 1. The van der Waals surface area contributed by atoms with Crippen molar-refractivity contribution in [2.45, 2.75) is 72.1 Å². The number of allylic oxidation sites excluding steroid dienone is 2. The van der Waals surface area contributed by atoms with Crippen LogP contribution in [0.1, 0.15) is 71.3 Å². The number of rotatable bonds is 8. The number of hydrogen-bond acceptors (Lipinski definition) is 3. The molecule has 3 heteroatoms. The van der Waals surface area contributed by atoms with Crippen molar-refractivity contribution in [1.29, 1.82) is 0 Å². The predicted molar refractivity (Wildman–Crippen MR) is 109 cm³/mol. The number of carbonyl (C=O) groups is 1. The Hall–Kier alpha value is -1.90. The largest absolute Gasteiger partial charge is 0.511 e. The lowest BCUT2D eigenvalue weighted by Crippen LogP contribution is -2.33. The molecule has 0 aromatic heterocycles. The first-order valence-electron chi connectivity index (χ1n) is 9.96. The quantitative estimate of drug-likeness (QED) is 0.362. The minimum atomic E-state index is -0.0886. The third kappa shape index (κ3) is 6.12. The molecule has 1 N–H and O–H groups in total. The van der Waals surface area contributed by atoms with Gasteiger partial charge in [-0.3, -0.25) is 9.79 Å². The fourth-order valence-corrected chi connectivity index (χ4v) is 3.56. The van der Waals surface area contributed by atoms with E-state index >= 15 is 0 Å². The number of aliphatic imine (C=N–C) groups is 1. The molecular weight excluding hydrogens is 322 g/mol. The van der Waals surface area contributed by atoms with E-state index in [9.17, 15) is 9.90 Å². The second kappa shape index (κ2) is 9.70. The Morgan fingerprint density at radius 3 is 2.46 bits per heavy atom. The Bertz CT molecular complexity index is 656. The van der Waals surface area contributed by atoms with Crippen LogP contribution in [0.15, 0.2) is 46.7 Å². The van der Waals surface area contributed by atoms with Crippen LogP contribution in [0, 0.1) is 5.41 Å². The number of nitrogens with zero attached hydrogens (tertiary/aromatic N) is 1. The van der Waals surface area contributed by atoms with E-state index < -0.39 is 0 Å². The number of aliphatic hydroxyl groups excluding tert-OH is 1. The molecule has 0 aliphatic heterocycles. The molecule has 1 saturated carbocycles. The third-order valence-corrected chi connectivity index (χ3v) is 4.92. The van der Waals surface area contributed by atoms with Gasteiger partial charge in [-0.2, -0.15) is 0 Å². The summed E-state index contributed by atoms with van der Waals surface area (Å²) in [5.74, 6) is 0.195. The van der Waals surface area contributed by atoms with Gasteiger partial charge in [0.2, 0.25) is 0 Å². The number of ketones is 1. The molecule has 3 nitrogen and oxygen atoms in total. The lowest BCUT2D eigenvalue weighted by molar-refractivity contribution is -0.117. The summed E-state index contributed by atoms with van der Waals surface area (Å²) in [5, 5.41) is 10.7. The highest BCUT2D eigenvalue weighted by Crippen LogP contribution is 2.35. The van der Waals surface area contributed by atoms with Gasteiger partial charge in [0.1, 0.15) is 5.76 Å². The predicted octanol–water partition coefficient (Wildman–Crippen LogP) is 5.84. The van der Waals surface area contributed by atoms with Crippen LogP contribution in [-0.4, -0.2) is 23.1 Å². The van der Waals surface area contributed by atoms with Gasteiger partial charge in [0.15, 0.2) is 5.78 Å². The number of unbranched alkanes of at least 4 members (excludes halogenated alkanes) is 4. The summed E-state index contributed by atoms with van der Waals surface area (Å²) >= 11 is 0. The average molecular weight is 356 g/mol. The van der Waals surface area contributed by atoms with Crippen LogP contribution in [0.2, 0.25) is 0 Å². The molecule has 1 aliphatic carbocycles. The Morgan fingerprint density at radius 2 is 1.77 bits per heavy atom. The lowest BCUT2D eigenvalue weighted by atomic mass is 9.73. The number of carbonyl (C=O) groups excluding carboxylic acids is 1. The average Bonchev–Trinajstić information content (AvgIpc) is 2.57. The molecule has 1 aliphatic rings. The molecule has 0 unspecified atom stereocenters. The summed E-state index contributed by atoms with van der Waals surface area (Å²) in [6.07, 6.45) is 7.58. The second-order valence-corrected chi connectivity index (χ2v) is 8.17. The van der Waals surface area contributed by atoms with Crippen LogP contribution in [0.4, 0.5) is 0 Å². The minimum absolute atomic E-state index is 0.0272. The number of aliphatic hydroxyl groups is 1. The second-order valence-electron chi connectivity index (χ2n) is 8.17. The van der Waals surface area contributed by atoms with Crippen molar-refractivity contribution in [3.8, 4) is 0 Å². The van der Waals surface area contributed by atoms with Crippen molar-refractivity contribution in [2.24, 2.45) is 10.4 Å². The van der Waals surface area contributed by atoms with Gasteiger partial charge in [0, 0.05) is 25.1 Å². The van der Waals surface area contributed by atoms with Crippen LogP contribution in [0.3, 0.4) is 0 Å². The maximum absolute atomic E-state index is 12.7. The van der Waals surface area contributed by atoms with Gasteiger partial charge in [-0.25, -0.2) is 0 Å².